The molecule has 190 valence electrons. The maximum Gasteiger partial charge on any atom is 0.305 e. The zero-order valence-electron chi connectivity index (χ0n) is 20.3. The molecule has 1 aromatic rings. The lowest BCUT2D eigenvalue weighted by Gasteiger charge is -2.10. The third-order valence-corrected chi connectivity index (χ3v) is 7.30. The van der Waals surface area contributed by atoms with E-state index in [4.69, 9.17) is 4.74 Å². The molecule has 7 heteroatoms. The maximum atomic E-state index is 12.2. The Morgan fingerprint density at radius 3 is 2.63 bits per heavy atom. The van der Waals surface area contributed by atoms with Gasteiger partial charge >= 0.3 is 5.97 Å². The number of sulfone groups is 1. The van der Waals surface area contributed by atoms with Crippen molar-refractivity contribution < 1.29 is 27.9 Å². The van der Waals surface area contributed by atoms with Gasteiger partial charge in [0.25, 0.3) is 0 Å². The Hall–Kier alpha value is -2.77. The monoisotopic (exact) mass is 500 g/mol. The Balaban J connectivity index is 1.65. The third-order valence-electron chi connectivity index (χ3n) is 5.61. The number of rotatable bonds is 15. The first-order valence-electron chi connectivity index (χ1n) is 12.2. The van der Waals surface area contributed by atoms with Gasteiger partial charge < -0.3 is 9.84 Å². The van der Waals surface area contributed by atoms with Crippen LogP contribution in [0.1, 0.15) is 51.9 Å². The van der Waals surface area contributed by atoms with Crippen LogP contribution in [0.2, 0.25) is 0 Å². The molecule has 0 fully saturated rings. The topological polar surface area (TPSA) is 97.7 Å². The summed E-state index contributed by atoms with van der Waals surface area (Å²) >= 11 is 0. The van der Waals surface area contributed by atoms with Crippen molar-refractivity contribution in [2.24, 2.45) is 5.92 Å². The van der Waals surface area contributed by atoms with Gasteiger partial charge in [-0.2, -0.15) is 0 Å². The lowest BCUT2D eigenvalue weighted by molar-refractivity contribution is -0.143. The summed E-state index contributed by atoms with van der Waals surface area (Å²) in [5.74, 6) is -0.646. The molecule has 6 nitrogen and oxygen atoms in total. The first kappa shape index (κ1) is 28.5. The number of aliphatic hydroxyl groups is 1. The van der Waals surface area contributed by atoms with Crippen molar-refractivity contribution in [1.82, 2.24) is 0 Å². The van der Waals surface area contributed by atoms with E-state index in [1.165, 1.54) is 12.1 Å². The second kappa shape index (κ2) is 15.3. The van der Waals surface area contributed by atoms with Gasteiger partial charge in [0, 0.05) is 17.9 Å². The number of hydrogen-bond acceptors (Lipinski definition) is 6. The molecule has 1 N–H and O–H groups in total. The average molecular weight is 501 g/mol. The Morgan fingerprint density at radius 2 is 1.89 bits per heavy atom. The summed E-state index contributed by atoms with van der Waals surface area (Å²) in [6.07, 6.45) is 16.9. The molecule has 0 aliphatic heterocycles. The minimum absolute atomic E-state index is 0.00303. The van der Waals surface area contributed by atoms with Crippen LogP contribution in [0.3, 0.4) is 0 Å². The molecule has 0 radical (unpaired) electrons. The zero-order chi connectivity index (χ0) is 25.5. The van der Waals surface area contributed by atoms with Gasteiger partial charge in [-0.05, 0) is 56.7 Å². The second-order valence-electron chi connectivity index (χ2n) is 8.45. The number of benzene rings is 1. The molecule has 2 unspecified atom stereocenters. The molecule has 0 aromatic heterocycles. The standard InChI is InChI=1S/C28H36O6S/c1-2-3-7-13-24(29)18-19-26-23(17-20-27(26)30)12-8-4-5-11-16-28(31)34-21-22-35(32,33)25-14-9-6-10-15-25/h3-4,6-10,14-15,17,19-20,23-24,29H,2,5,11-13,16,18,21-22H2,1H3. The smallest absolute Gasteiger partial charge is 0.305 e. The van der Waals surface area contributed by atoms with E-state index in [2.05, 4.69) is 0 Å². The fourth-order valence-corrected chi connectivity index (χ4v) is 4.74. The van der Waals surface area contributed by atoms with Crippen molar-refractivity contribution >= 4 is 21.6 Å². The number of ketones is 1. The van der Waals surface area contributed by atoms with Crippen molar-refractivity contribution in [2.75, 3.05) is 12.4 Å². The summed E-state index contributed by atoms with van der Waals surface area (Å²) < 4.78 is 29.4. The number of aliphatic hydroxyl groups excluding tert-OH is 1. The number of hydrogen-bond donors (Lipinski definition) is 1. The number of carbonyl (C=O) groups excluding carboxylic acids is 2. The first-order chi connectivity index (χ1) is 16.8. The Bertz CT molecular complexity index is 1030. The molecule has 0 amide bonds. The Kier molecular flexibility index (Phi) is 12.4. The van der Waals surface area contributed by atoms with E-state index >= 15 is 0 Å². The van der Waals surface area contributed by atoms with Gasteiger partial charge in [-0.3, -0.25) is 9.59 Å². The van der Waals surface area contributed by atoms with Crippen LogP contribution in [0.25, 0.3) is 0 Å². The largest absolute Gasteiger partial charge is 0.465 e. The number of carbonyl (C=O) groups is 2. The number of ether oxygens (including phenoxy) is 1. The minimum Gasteiger partial charge on any atom is -0.465 e. The van der Waals surface area contributed by atoms with Crippen LogP contribution in [0, 0.1) is 5.92 Å². The molecule has 0 saturated carbocycles. The SMILES string of the molecule is CCC=CCC(O)CC=C1C(=O)C=CC1CC=CCCCC(=O)OCCS(=O)(=O)c1ccccc1. The molecule has 1 aliphatic carbocycles. The van der Waals surface area contributed by atoms with E-state index in [0.717, 1.165) is 12.0 Å². The van der Waals surface area contributed by atoms with Crippen molar-refractivity contribution in [3.05, 3.63) is 78.4 Å². The van der Waals surface area contributed by atoms with Crippen molar-refractivity contribution in [2.45, 2.75) is 62.9 Å². The van der Waals surface area contributed by atoms with Gasteiger partial charge in [0.05, 0.1) is 16.8 Å². The second-order valence-corrected chi connectivity index (χ2v) is 10.6. The first-order valence-corrected chi connectivity index (χ1v) is 13.8. The van der Waals surface area contributed by atoms with Crippen molar-refractivity contribution in [3.63, 3.8) is 0 Å². The van der Waals surface area contributed by atoms with Crippen LogP contribution in [0.4, 0.5) is 0 Å². The van der Waals surface area contributed by atoms with Gasteiger partial charge in [-0.1, -0.05) is 61.6 Å². The lowest BCUT2D eigenvalue weighted by atomic mass is 9.96. The van der Waals surface area contributed by atoms with E-state index in [-0.39, 0.29) is 35.4 Å². The quantitative estimate of drug-likeness (QED) is 0.159. The summed E-state index contributed by atoms with van der Waals surface area (Å²) in [5, 5.41) is 10.1. The number of unbranched alkanes of at least 4 members (excludes halogenated alkanes) is 1. The van der Waals surface area contributed by atoms with E-state index in [1.54, 1.807) is 24.3 Å². The van der Waals surface area contributed by atoms with E-state index in [9.17, 15) is 23.1 Å². The lowest BCUT2D eigenvalue weighted by Crippen LogP contribution is -2.15. The van der Waals surface area contributed by atoms with Crippen LogP contribution < -0.4 is 0 Å². The molecular weight excluding hydrogens is 464 g/mol. The molecular formula is C28H36O6S. The number of esters is 1. The summed E-state index contributed by atoms with van der Waals surface area (Å²) in [4.78, 5) is 24.2. The predicted molar refractivity (Wildman–Crippen MR) is 137 cm³/mol. The summed E-state index contributed by atoms with van der Waals surface area (Å²) in [6, 6.07) is 8.10. The molecule has 0 heterocycles. The van der Waals surface area contributed by atoms with Gasteiger partial charge in [0.15, 0.2) is 15.6 Å². The number of allylic oxidation sites excluding steroid dienone is 6. The van der Waals surface area contributed by atoms with Crippen molar-refractivity contribution in [3.8, 4) is 0 Å². The van der Waals surface area contributed by atoms with E-state index in [1.807, 2.05) is 43.4 Å². The van der Waals surface area contributed by atoms with Crippen LogP contribution in [0.15, 0.2) is 83.3 Å². The van der Waals surface area contributed by atoms with Crippen LogP contribution in [-0.2, 0) is 24.2 Å². The fraction of sp³-hybridized carbons (Fsp3) is 0.429. The van der Waals surface area contributed by atoms with Gasteiger partial charge in [-0.25, -0.2) is 8.42 Å². The normalized spacial score (nSPS) is 18.2. The van der Waals surface area contributed by atoms with Gasteiger partial charge in [0.2, 0.25) is 0 Å². The molecule has 1 aliphatic rings. The van der Waals surface area contributed by atoms with Crippen molar-refractivity contribution in [1.29, 1.82) is 0 Å². The molecule has 2 rings (SSSR count). The molecule has 0 bridgehead atoms. The highest BCUT2D eigenvalue weighted by molar-refractivity contribution is 7.91. The molecule has 2 atom stereocenters. The molecule has 1 aromatic carbocycles. The maximum absolute atomic E-state index is 12.2. The van der Waals surface area contributed by atoms with Gasteiger partial charge in [0.1, 0.15) is 6.61 Å². The predicted octanol–water partition coefficient (Wildman–Crippen LogP) is 4.91. The zero-order valence-corrected chi connectivity index (χ0v) is 21.2. The minimum atomic E-state index is -3.46. The van der Waals surface area contributed by atoms with E-state index < -0.39 is 21.9 Å². The highest BCUT2D eigenvalue weighted by atomic mass is 32.2. The highest BCUT2D eigenvalue weighted by Gasteiger charge is 2.22. The highest BCUT2D eigenvalue weighted by Crippen LogP contribution is 2.26. The van der Waals surface area contributed by atoms with Crippen LogP contribution in [-0.4, -0.2) is 43.7 Å². The third kappa shape index (κ3) is 10.6. The van der Waals surface area contributed by atoms with Crippen LogP contribution in [0.5, 0.6) is 0 Å². The molecule has 35 heavy (non-hydrogen) atoms. The average Bonchev–Trinajstić information content (AvgIpc) is 3.19. The Labute approximate surface area is 209 Å². The summed E-state index contributed by atoms with van der Waals surface area (Å²) in [7, 11) is -3.46. The summed E-state index contributed by atoms with van der Waals surface area (Å²) in [5.41, 5.74) is 0.724. The van der Waals surface area contributed by atoms with Gasteiger partial charge in [-0.15, -0.1) is 0 Å². The Morgan fingerprint density at radius 1 is 1.11 bits per heavy atom. The molecule has 0 spiro atoms. The molecule has 0 saturated heterocycles. The fourth-order valence-electron chi connectivity index (χ4n) is 3.63. The summed E-state index contributed by atoms with van der Waals surface area (Å²) in [6.45, 7) is 1.88. The van der Waals surface area contributed by atoms with Crippen LogP contribution >= 0.6 is 0 Å². The van der Waals surface area contributed by atoms with E-state index in [0.29, 0.717) is 32.1 Å².